The lowest BCUT2D eigenvalue weighted by Crippen LogP contribution is -2.35. The highest BCUT2D eigenvalue weighted by atomic mass is 32.1. The molecule has 0 saturated carbocycles. The van der Waals surface area contributed by atoms with Gasteiger partial charge in [-0.1, -0.05) is 18.2 Å². The topological polar surface area (TPSA) is 41.6 Å². The van der Waals surface area contributed by atoms with Crippen molar-refractivity contribution in [1.82, 2.24) is 4.90 Å². The fourth-order valence-corrected chi connectivity index (χ4v) is 1.57. The van der Waals surface area contributed by atoms with Gasteiger partial charge in [0, 0.05) is 5.69 Å². The number of carbonyl (C=O) groups excluding carboxylic acids is 1. The number of anilines is 1. The number of carbonyl (C=O) groups is 1. The zero-order chi connectivity index (χ0) is 10.7. The number of benzene rings is 1. The molecule has 0 spiro atoms. The first-order valence-electron chi connectivity index (χ1n) is 4.58. The Morgan fingerprint density at radius 1 is 1.40 bits per heavy atom. The van der Waals surface area contributed by atoms with Gasteiger partial charge in [-0.2, -0.15) is 0 Å². The van der Waals surface area contributed by atoms with E-state index in [4.69, 9.17) is 17.0 Å². The van der Waals surface area contributed by atoms with Crippen LogP contribution in [0, 0.1) is 0 Å². The molecule has 78 valence electrons. The average Bonchev–Trinajstić information content (AvgIpc) is 2.66. The molecule has 0 radical (unpaired) electrons. The molecule has 1 aromatic carbocycles. The van der Waals surface area contributed by atoms with Gasteiger partial charge in [0.2, 0.25) is 0 Å². The Bertz CT molecular complexity index is 380. The van der Waals surface area contributed by atoms with Crippen molar-refractivity contribution in [2.75, 3.05) is 18.5 Å². The summed E-state index contributed by atoms with van der Waals surface area (Å²) in [5.41, 5.74) is 0.863. The Hall–Kier alpha value is -1.62. The van der Waals surface area contributed by atoms with Gasteiger partial charge in [-0.05, 0) is 24.4 Å². The Kier molecular flexibility index (Phi) is 2.82. The predicted octanol–water partition coefficient (Wildman–Crippen LogP) is 1.84. The molecular weight excluding hydrogens is 212 g/mol. The molecule has 0 atom stereocenters. The highest BCUT2D eigenvalue weighted by molar-refractivity contribution is 7.80. The molecule has 15 heavy (non-hydrogen) atoms. The van der Waals surface area contributed by atoms with Crippen LogP contribution in [0.3, 0.4) is 0 Å². The molecule has 0 bridgehead atoms. The Balaban J connectivity index is 2.01. The first-order chi connectivity index (χ1) is 7.27. The van der Waals surface area contributed by atoms with Crippen molar-refractivity contribution in [3.05, 3.63) is 30.3 Å². The van der Waals surface area contributed by atoms with Crippen molar-refractivity contribution in [3.8, 4) is 0 Å². The number of thiocarbonyl (C=S) groups is 1. The van der Waals surface area contributed by atoms with Crippen LogP contribution in [0.4, 0.5) is 10.5 Å². The van der Waals surface area contributed by atoms with Crippen LogP contribution in [0.5, 0.6) is 0 Å². The summed E-state index contributed by atoms with van der Waals surface area (Å²) in [6.07, 6.45) is -0.386. The van der Waals surface area contributed by atoms with E-state index in [1.807, 2.05) is 30.3 Å². The molecule has 1 saturated heterocycles. The molecule has 1 N–H and O–H groups in total. The monoisotopic (exact) mass is 222 g/mol. The second-order valence-corrected chi connectivity index (χ2v) is 3.45. The summed E-state index contributed by atoms with van der Waals surface area (Å²) >= 11 is 5.09. The number of hydrogen-bond acceptors (Lipinski definition) is 3. The third-order valence-electron chi connectivity index (χ3n) is 2.03. The van der Waals surface area contributed by atoms with Crippen LogP contribution in [0.1, 0.15) is 0 Å². The molecule has 1 amide bonds. The Labute approximate surface area is 92.8 Å². The van der Waals surface area contributed by atoms with Gasteiger partial charge in [-0.25, -0.2) is 4.79 Å². The first-order valence-corrected chi connectivity index (χ1v) is 4.98. The van der Waals surface area contributed by atoms with Crippen molar-refractivity contribution in [3.63, 3.8) is 0 Å². The summed E-state index contributed by atoms with van der Waals surface area (Å²) in [6.45, 7) is 0.910. The van der Waals surface area contributed by atoms with E-state index in [0.29, 0.717) is 18.3 Å². The van der Waals surface area contributed by atoms with Gasteiger partial charge in [0.1, 0.15) is 6.61 Å². The second kappa shape index (κ2) is 4.27. The van der Waals surface area contributed by atoms with Gasteiger partial charge in [0.25, 0.3) is 0 Å². The number of hydrogen-bond donors (Lipinski definition) is 1. The van der Waals surface area contributed by atoms with E-state index in [1.54, 1.807) is 0 Å². The fraction of sp³-hybridized carbons (Fsp3) is 0.200. The van der Waals surface area contributed by atoms with Crippen LogP contribution in [-0.4, -0.2) is 29.3 Å². The normalized spacial score (nSPS) is 14.9. The average molecular weight is 222 g/mol. The number of nitrogens with zero attached hydrogens (tertiary/aromatic N) is 1. The van der Waals surface area contributed by atoms with Crippen molar-refractivity contribution in [2.45, 2.75) is 0 Å². The van der Waals surface area contributed by atoms with Gasteiger partial charge in [0.05, 0.1) is 6.54 Å². The largest absolute Gasteiger partial charge is 0.447 e. The van der Waals surface area contributed by atoms with Crippen molar-refractivity contribution >= 4 is 29.1 Å². The van der Waals surface area contributed by atoms with Crippen LogP contribution >= 0.6 is 12.2 Å². The number of rotatable bonds is 1. The SMILES string of the molecule is O=C1OCCN1C(=S)Nc1ccccc1. The summed E-state index contributed by atoms with van der Waals surface area (Å²) in [4.78, 5) is 12.6. The summed E-state index contributed by atoms with van der Waals surface area (Å²) in [7, 11) is 0. The van der Waals surface area contributed by atoms with E-state index < -0.39 is 0 Å². The minimum Gasteiger partial charge on any atom is -0.447 e. The van der Waals surface area contributed by atoms with Crippen LogP contribution < -0.4 is 5.32 Å². The van der Waals surface area contributed by atoms with Crippen molar-refractivity contribution < 1.29 is 9.53 Å². The molecular formula is C10H10N2O2S. The number of cyclic esters (lactones) is 1. The van der Waals surface area contributed by atoms with Gasteiger partial charge in [-0.3, -0.25) is 4.90 Å². The van der Waals surface area contributed by atoms with Gasteiger partial charge in [0.15, 0.2) is 5.11 Å². The molecule has 0 aromatic heterocycles. The maximum atomic E-state index is 11.2. The van der Waals surface area contributed by atoms with E-state index in [9.17, 15) is 4.79 Å². The zero-order valence-corrected chi connectivity index (χ0v) is 8.79. The summed E-state index contributed by atoms with van der Waals surface area (Å²) in [6, 6.07) is 9.47. The third-order valence-corrected chi connectivity index (χ3v) is 2.35. The van der Waals surface area contributed by atoms with Gasteiger partial charge in [-0.15, -0.1) is 0 Å². The lowest BCUT2D eigenvalue weighted by molar-refractivity contribution is 0.169. The maximum Gasteiger partial charge on any atom is 0.416 e. The molecule has 1 fully saturated rings. The van der Waals surface area contributed by atoms with E-state index in [0.717, 1.165) is 5.69 Å². The van der Waals surface area contributed by atoms with Crippen LogP contribution in [-0.2, 0) is 4.74 Å². The van der Waals surface area contributed by atoms with E-state index in [2.05, 4.69) is 5.32 Å². The van der Waals surface area contributed by atoms with Crippen LogP contribution in [0.15, 0.2) is 30.3 Å². The van der Waals surface area contributed by atoms with Crippen molar-refractivity contribution in [1.29, 1.82) is 0 Å². The quantitative estimate of drug-likeness (QED) is 0.736. The lowest BCUT2D eigenvalue weighted by atomic mass is 10.3. The minimum absolute atomic E-state index is 0.378. The predicted molar refractivity (Wildman–Crippen MR) is 60.7 cm³/mol. The van der Waals surface area contributed by atoms with Gasteiger partial charge < -0.3 is 10.1 Å². The second-order valence-electron chi connectivity index (χ2n) is 3.06. The summed E-state index contributed by atoms with van der Waals surface area (Å²) in [5.74, 6) is 0. The first kappa shape index (κ1) is 9.92. The molecule has 0 aliphatic carbocycles. The standard InChI is InChI=1S/C10H10N2O2S/c13-10-12(6-7-14-10)9(15)11-8-4-2-1-3-5-8/h1-5H,6-7H2,(H,11,15). The zero-order valence-electron chi connectivity index (χ0n) is 7.97. The van der Waals surface area contributed by atoms with E-state index >= 15 is 0 Å². The lowest BCUT2D eigenvalue weighted by Gasteiger charge is -2.15. The summed E-state index contributed by atoms with van der Waals surface area (Å²) < 4.78 is 4.78. The molecule has 0 unspecified atom stereocenters. The Morgan fingerprint density at radius 3 is 2.73 bits per heavy atom. The van der Waals surface area contributed by atoms with Crippen LogP contribution in [0.2, 0.25) is 0 Å². The highest BCUT2D eigenvalue weighted by Gasteiger charge is 2.25. The molecule has 5 heteroatoms. The molecule has 4 nitrogen and oxygen atoms in total. The van der Waals surface area contributed by atoms with E-state index in [-0.39, 0.29) is 6.09 Å². The van der Waals surface area contributed by atoms with Crippen LogP contribution in [0.25, 0.3) is 0 Å². The number of ether oxygens (including phenoxy) is 1. The molecule has 1 heterocycles. The fourth-order valence-electron chi connectivity index (χ4n) is 1.29. The van der Waals surface area contributed by atoms with Crippen molar-refractivity contribution in [2.24, 2.45) is 0 Å². The van der Waals surface area contributed by atoms with E-state index in [1.165, 1.54) is 4.90 Å². The number of para-hydroxylation sites is 1. The number of amides is 1. The summed E-state index contributed by atoms with van der Waals surface area (Å²) in [5, 5.41) is 3.35. The molecule has 1 aliphatic heterocycles. The number of nitrogens with one attached hydrogen (secondary N) is 1. The third kappa shape index (κ3) is 2.24. The molecule has 1 aliphatic rings. The Morgan fingerprint density at radius 2 is 2.13 bits per heavy atom. The minimum atomic E-state index is -0.386. The molecule has 1 aromatic rings. The molecule has 2 rings (SSSR count). The smallest absolute Gasteiger partial charge is 0.416 e. The maximum absolute atomic E-state index is 11.2. The van der Waals surface area contributed by atoms with Gasteiger partial charge >= 0.3 is 6.09 Å². The highest BCUT2D eigenvalue weighted by Crippen LogP contribution is 2.09.